The SMILES string of the molecule is CC(CO)Nc1nc(SCc2ccccc2)nc2nc(NCCOc3ccccc3)sc12. The lowest BCUT2D eigenvalue weighted by molar-refractivity contribution is 0.281. The van der Waals surface area contributed by atoms with E-state index >= 15 is 0 Å². The van der Waals surface area contributed by atoms with Crippen LogP contribution in [0.15, 0.2) is 65.8 Å². The number of fused-ring (bicyclic) bond motifs is 1. The van der Waals surface area contributed by atoms with E-state index < -0.39 is 0 Å². The summed E-state index contributed by atoms with van der Waals surface area (Å²) in [7, 11) is 0. The molecule has 7 nitrogen and oxygen atoms in total. The van der Waals surface area contributed by atoms with E-state index in [1.54, 1.807) is 11.8 Å². The molecule has 32 heavy (non-hydrogen) atoms. The van der Waals surface area contributed by atoms with E-state index in [0.717, 1.165) is 21.3 Å². The van der Waals surface area contributed by atoms with Crippen molar-refractivity contribution >= 4 is 44.4 Å². The largest absolute Gasteiger partial charge is 0.492 e. The number of nitrogens with one attached hydrogen (secondary N) is 2. The summed E-state index contributed by atoms with van der Waals surface area (Å²) in [6.07, 6.45) is 0. The van der Waals surface area contributed by atoms with Gasteiger partial charge in [-0.15, -0.1) is 0 Å². The second kappa shape index (κ2) is 11.1. The van der Waals surface area contributed by atoms with E-state index in [2.05, 4.69) is 32.7 Å². The Morgan fingerprint density at radius 2 is 1.78 bits per heavy atom. The van der Waals surface area contributed by atoms with Gasteiger partial charge >= 0.3 is 0 Å². The number of para-hydroxylation sites is 1. The first kappa shape index (κ1) is 22.3. The third-order valence-electron chi connectivity index (χ3n) is 4.49. The molecule has 2 heterocycles. The van der Waals surface area contributed by atoms with Gasteiger partial charge in [0.15, 0.2) is 21.8 Å². The Bertz CT molecular complexity index is 1130. The summed E-state index contributed by atoms with van der Waals surface area (Å²) in [6.45, 7) is 3.06. The molecule has 0 bridgehead atoms. The Morgan fingerprint density at radius 1 is 1.03 bits per heavy atom. The zero-order valence-electron chi connectivity index (χ0n) is 17.7. The van der Waals surface area contributed by atoms with Crippen LogP contribution in [-0.4, -0.2) is 45.9 Å². The van der Waals surface area contributed by atoms with E-state index in [-0.39, 0.29) is 12.6 Å². The van der Waals surface area contributed by atoms with Crippen LogP contribution in [0, 0.1) is 0 Å². The molecule has 0 saturated carbocycles. The predicted octanol–water partition coefficient (Wildman–Crippen LogP) is 4.66. The molecule has 0 fully saturated rings. The number of benzene rings is 2. The van der Waals surface area contributed by atoms with Crippen molar-refractivity contribution < 1.29 is 9.84 Å². The number of thiazole rings is 1. The van der Waals surface area contributed by atoms with Gasteiger partial charge in [0.25, 0.3) is 0 Å². The number of nitrogens with zero attached hydrogens (tertiary/aromatic N) is 3. The van der Waals surface area contributed by atoms with Crippen LogP contribution < -0.4 is 15.4 Å². The molecule has 0 aliphatic carbocycles. The average Bonchev–Trinajstić information content (AvgIpc) is 3.25. The van der Waals surface area contributed by atoms with E-state index in [1.807, 2.05) is 55.5 Å². The summed E-state index contributed by atoms with van der Waals surface area (Å²) in [5, 5.41) is 17.5. The van der Waals surface area contributed by atoms with Crippen LogP contribution in [-0.2, 0) is 5.75 Å². The highest BCUT2D eigenvalue weighted by Gasteiger charge is 2.15. The molecule has 1 unspecified atom stereocenters. The first-order valence-corrected chi connectivity index (χ1v) is 12.2. The summed E-state index contributed by atoms with van der Waals surface area (Å²) in [5.74, 6) is 2.31. The molecule has 2 aromatic carbocycles. The number of hydrogen-bond donors (Lipinski definition) is 3. The predicted molar refractivity (Wildman–Crippen MR) is 132 cm³/mol. The number of thioether (sulfide) groups is 1. The van der Waals surface area contributed by atoms with Gasteiger partial charge in [0.2, 0.25) is 0 Å². The lowest BCUT2D eigenvalue weighted by atomic mass is 10.2. The summed E-state index contributed by atoms with van der Waals surface area (Å²) in [5.41, 5.74) is 1.85. The number of hydrogen-bond acceptors (Lipinski definition) is 9. The van der Waals surface area contributed by atoms with Crippen molar-refractivity contribution in [3.8, 4) is 5.75 Å². The molecule has 9 heteroatoms. The molecule has 0 spiro atoms. The van der Waals surface area contributed by atoms with Gasteiger partial charge in [0, 0.05) is 11.8 Å². The maximum atomic E-state index is 9.48. The van der Waals surface area contributed by atoms with Crippen molar-refractivity contribution in [1.29, 1.82) is 0 Å². The molecule has 2 aromatic heterocycles. The molecule has 4 rings (SSSR count). The molecule has 0 aliphatic heterocycles. The molecule has 0 saturated heterocycles. The van der Waals surface area contributed by atoms with Gasteiger partial charge in [-0.3, -0.25) is 0 Å². The molecule has 3 N–H and O–H groups in total. The molecule has 0 aliphatic rings. The van der Waals surface area contributed by atoms with Crippen LogP contribution in [0.25, 0.3) is 10.3 Å². The van der Waals surface area contributed by atoms with Crippen LogP contribution in [0.2, 0.25) is 0 Å². The topological polar surface area (TPSA) is 92.2 Å². The zero-order valence-corrected chi connectivity index (χ0v) is 19.3. The highest BCUT2D eigenvalue weighted by molar-refractivity contribution is 7.98. The zero-order chi connectivity index (χ0) is 22.2. The fourth-order valence-corrected chi connectivity index (χ4v) is 4.57. The molecule has 4 aromatic rings. The van der Waals surface area contributed by atoms with E-state index in [0.29, 0.717) is 29.8 Å². The van der Waals surface area contributed by atoms with Crippen LogP contribution >= 0.6 is 23.1 Å². The minimum atomic E-state index is -0.127. The van der Waals surface area contributed by atoms with Gasteiger partial charge in [-0.05, 0) is 24.6 Å². The lowest BCUT2D eigenvalue weighted by Gasteiger charge is -2.12. The summed E-state index contributed by atoms with van der Waals surface area (Å²) < 4.78 is 6.59. The standard InChI is InChI=1S/C23H25N5O2S2/c1-16(14-29)25-20-19-21(28-23(27-20)31-15-17-8-4-2-5-9-17)26-22(32-19)24-12-13-30-18-10-6-3-7-11-18/h2-11,16,29H,12-15H2,1H3,(H2,24,25,26,27,28). The number of rotatable bonds is 11. The molecule has 166 valence electrons. The van der Waals surface area contributed by atoms with Crippen LogP contribution in [0.4, 0.5) is 10.9 Å². The summed E-state index contributed by atoms with van der Waals surface area (Å²) in [4.78, 5) is 14.0. The number of ether oxygens (including phenoxy) is 1. The number of anilines is 2. The van der Waals surface area contributed by atoms with Crippen molar-refractivity contribution in [3.63, 3.8) is 0 Å². The average molecular weight is 468 g/mol. The summed E-state index contributed by atoms with van der Waals surface area (Å²) >= 11 is 3.05. The molecule has 0 radical (unpaired) electrons. The molecular weight excluding hydrogens is 442 g/mol. The number of aliphatic hydroxyl groups excluding tert-OH is 1. The second-order valence-electron chi connectivity index (χ2n) is 7.12. The Morgan fingerprint density at radius 3 is 2.53 bits per heavy atom. The maximum absolute atomic E-state index is 9.48. The second-order valence-corrected chi connectivity index (χ2v) is 9.06. The minimum Gasteiger partial charge on any atom is -0.492 e. The first-order valence-electron chi connectivity index (χ1n) is 10.4. The Labute approximate surface area is 195 Å². The smallest absolute Gasteiger partial charge is 0.191 e. The highest BCUT2D eigenvalue weighted by atomic mass is 32.2. The minimum absolute atomic E-state index is 0.0126. The van der Waals surface area contributed by atoms with Gasteiger partial charge in [0.05, 0.1) is 13.2 Å². The van der Waals surface area contributed by atoms with Crippen LogP contribution in [0.3, 0.4) is 0 Å². The summed E-state index contributed by atoms with van der Waals surface area (Å²) in [6, 6.07) is 19.8. The normalized spacial score (nSPS) is 11.9. The van der Waals surface area contributed by atoms with Gasteiger partial charge < -0.3 is 20.5 Å². The highest BCUT2D eigenvalue weighted by Crippen LogP contribution is 2.33. The molecular formula is C23H25N5O2S2. The molecule has 1 atom stereocenters. The third kappa shape index (κ3) is 6.09. The van der Waals surface area contributed by atoms with Crippen molar-refractivity contribution in [2.45, 2.75) is 23.9 Å². The Hall–Kier alpha value is -2.88. The lowest BCUT2D eigenvalue weighted by Crippen LogP contribution is -2.20. The number of aromatic nitrogens is 3. The number of aliphatic hydroxyl groups is 1. The maximum Gasteiger partial charge on any atom is 0.191 e. The Balaban J connectivity index is 1.46. The third-order valence-corrected chi connectivity index (χ3v) is 6.42. The van der Waals surface area contributed by atoms with Crippen LogP contribution in [0.5, 0.6) is 5.75 Å². The van der Waals surface area contributed by atoms with Crippen molar-refractivity contribution in [1.82, 2.24) is 15.0 Å². The van der Waals surface area contributed by atoms with Gasteiger partial charge in [-0.1, -0.05) is 71.6 Å². The van der Waals surface area contributed by atoms with E-state index in [9.17, 15) is 5.11 Å². The van der Waals surface area contributed by atoms with E-state index in [1.165, 1.54) is 16.9 Å². The van der Waals surface area contributed by atoms with Crippen molar-refractivity contribution in [3.05, 3.63) is 66.2 Å². The van der Waals surface area contributed by atoms with Crippen LogP contribution in [0.1, 0.15) is 12.5 Å². The van der Waals surface area contributed by atoms with Crippen molar-refractivity contribution in [2.24, 2.45) is 0 Å². The fraction of sp³-hybridized carbons (Fsp3) is 0.261. The molecule has 0 amide bonds. The fourth-order valence-electron chi connectivity index (χ4n) is 2.89. The van der Waals surface area contributed by atoms with Gasteiger partial charge in [-0.25, -0.2) is 9.97 Å². The Kier molecular flexibility index (Phi) is 7.76. The van der Waals surface area contributed by atoms with E-state index in [4.69, 9.17) is 9.72 Å². The van der Waals surface area contributed by atoms with Crippen molar-refractivity contribution in [2.75, 3.05) is 30.4 Å². The van der Waals surface area contributed by atoms with Gasteiger partial charge in [-0.2, -0.15) is 4.98 Å². The monoisotopic (exact) mass is 467 g/mol. The van der Waals surface area contributed by atoms with Gasteiger partial charge in [0.1, 0.15) is 17.1 Å². The first-order chi connectivity index (χ1) is 15.7. The quantitative estimate of drug-likeness (QED) is 0.167.